The largest absolute Gasteiger partial charge is 0.493 e. The van der Waals surface area contributed by atoms with Crippen LogP contribution < -0.4 is 4.74 Å². The molecule has 0 radical (unpaired) electrons. The lowest BCUT2D eigenvalue weighted by Crippen LogP contribution is -2.09. The molecule has 0 amide bonds. The Kier molecular flexibility index (Phi) is 4.36. The highest BCUT2D eigenvalue weighted by Crippen LogP contribution is 2.26. The molecule has 0 saturated carbocycles. The molecule has 6 heteroatoms. The molecule has 0 heterocycles. The first-order chi connectivity index (χ1) is 9.51. The average molecular weight is 294 g/mol. The van der Waals surface area contributed by atoms with Crippen molar-refractivity contribution in [3.8, 4) is 5.75 Å². The van der Waals surface area contributed by atoms with E-state index in [1.165, 1.54) is 0 Å². The maximum absolute atomic E-state index is 11.2. The van der Waals surface area contributed by atoms with Crippen molar-refractivity contribution >= 4 is 27.2 Å². The van der Waals surface area contributed by atoms with Crippen molar-refractivity contribution in [1.29, 1.82) is 0 Å². The summed E-state index contributed by atoms with van der Waals surface area (Å²) in [5, 5.41) is 1.72. The number of carbonyl (C=O) groups is 1. The molecule has 106 valence electrons. The summed E-state index contributed by atoms with van der Waals surface area (Å²) in [5.41, 5.74) is 0.440. The summed E-state index contributed by atoms with van der Waals surface area (Å²) in [6.07, 6.45) is 0.879. The van der Waals surface area contributed by atoms with Crippen LogP contribution in [-0.4, -0.2) is 31.6 Å². The van der Waals surface area contributed by atoms with Crippen LogP contribution in [0.2, 0.25) is 0 Å². The maximum Gasteiger partial charge on any atom is 0.264 e. The van der Waals surface area contributed by atoms with E-state index in [9.17, 15) is 13.2 Å². The molecule has 0 fully saturated rings. The van der Waals surface area contributed by atoms with Gasteiger partial charge in [0, 0.05) is 0 Å². The smallest absolute Gasteiger partial charge is 0.264 e. The third-order valence-corrected chi connectivity index (χ3v) is 3.66. The van der Waals surface area contributed by atoms with Crippen LogP contribution >= 0.6 is 0 Å². The van der Waals surface area contributed by atoms with Gasteiger partial charge in [-0.05, 0) is 23.3 Å². The number of rotatable bonds is 6. The average Bonchev–Trinajstić information content (AvgIpc) is 2.42. The van der Waals surface area contributed by atoms with E-state index in [-0.39, 0.29) is 18.8 Å². The second-order valence-corrected chi connectivity index (χ2v) is 5.88. The Morgan fingerprint density at radius 2 is 1.90 bits per heavy atom. The fourth-order valence-electron chi connectivity index (χ4n) is 1.95. The first-order valence-corrected chi connectivity index (χ1v) is 7.67. The van der Waals surface area contributed by atoms with Crippen molar-refractivity contribution in [1.82, 2.24) is 0 Å². The number of hydrogen-bond acceptors (Lipinski definition) is 4. The van der Waals surface area contributed by atoms with Gasteiger partial charge in [-0.15, -0.1) is 0 Å². The van der Waals surface area contributed by atoms with Crippen LogP contribution in [0.1, 0.15) is 16.8 Å². The van der Waals surface area contributed by atoms with E-state index < -0.39 is 10.1 Å². The zero-order valence-corrected chi connectivity index (χ0v) is 11.5. The van der Waals surface area contributed by atoms with Crippen LogP contribution in [0.25, 0.3) is 10.8 Å². The topological polar surface area (TPSA) is 80.7 Å². The van der Waals surface area contributed by atoms with Crippen LogP contribution in [-0.2, 0) is 10.1 Å². The molecular formula is C14H14O5S. The molecule has 0 aliphatic heterocycles. The van der Waals surface area contributed by atoms with E-state index in [1.54, 1.807) is 6.07 Å². The summed E-state index contributed by atoms with van der Waals surface area (Å²) >= 11 is 0. The van der Waals surface area contributed by atoms with Crippen molar-refractivity contribution < 1.29 is 22.5 Å². The number of fused-ring (bicyclic) bond motifs is 1. The SMILES string of the molecule is O=Cc1c(OCCCS(=O)(=O)O)ccc2ccccc12. The lowest BCUT2D eigenvalue weighted by atomic mass is 10.0. The zero-order valence-electron chi connectivity index (χ0n) is 10.7. The fourth-order valence-corrected chi connectivity index (χ4v) is 2.43. The lowest BCUT2D eigenvalue weighted by molar-refractivity contribution is 0.112. The Bertz CT molecular complexity index is 721. The van der Waals surface area contributed by atoms with Crippen LogP contribution in [0, 0.1) is 0 Å². The van der Waals surface area contributed by atoms with E-state index in [4.69, 9.17) is 9.29 Å². The van der Waals surface area contributed by atoms with Gasteiger partial charge in [-0.25, -0.2) is 0 Å². The van der Waals surface area contributed by atoms with Gasteiger partial charge in [-0.2, -0.15) is 8.42 Å². The minimum Gasteiger partial charge on any atom is -0.493 e. The van der Waals surface area contributed by atoms with Crippen LogP contribution in [0.3, 0.4) is 0 Å². The van der Waals surface area contributed by atoms with Gasteiger partial charge in [0.15, 0.2) is 6.29 Å². The second-order valence-electron chi connectivity index (χ2n) is 4.30. The van der Waals surface area contributed by atoms with E-state index in [1.807, 2.05) is 30.3 Å². The molecule has 1 N–H and O–H groups in total. The monoisotopic (exact) mass is 294 g/mol. The van der Waals surface area contributed by atoms with Gasteiger partial charge in [0.25, 0.3) is 10.1 Å². The molecule has 0 bridgehead atoms. The summed E-state index contributed by atoms with van der Waals surface area (Å²) in [6.45, 7) is 0.110. The predicted octanol–water partition coefficient (Wildman–Crippen LogP) is 2.31. The van der Waals surface area contributed by atoms with Gasteiger partial charge in [-0.3, -0.25) is 9.35 Å². The molecule has 2 rings (SSSR count). The third kappa shape index (κ3) is 3.55. The van der Waals surface area contributed by atoms with E-state index >= 15 is 0 Å². The molecule has 0 aromatic heterocycles. The number of ether oxygens (including phenoxy) is 1. The summed E-state index contributed by atoms with van der Waals surface area (Å²) in [4.78, 5) is 11.2. The van der Waals surface area contributed by atoms with Crippen LogP contribution in [0.5, 0.6) is 5.75 Å². The molecule has 20 heavy (non-hydrogen) atoms. The molecule has 0 atom stereocenters. The molecule has 0 aliphatic rings. The van der Waals surface area contributed by atoms with E-state index in [2.05, 4.69) is 0 Å². The fraction of sp³-hybridized carbons (Fsp3) is 0.214. The molecular weight excluding hydrogens is 280 g/mol. The minimum absolute atomic E-state index is 0.110. The summed E-state index contributed by atoms with van der Waals surface area (Å²) in [5.74, 6) is 0.0471. The highest BCUT2D eigenvalue weighted by atomic mass is 32.2. The Morgan fingerprint density at radius 3 is 2.60 bits per heavy atom. The summed E-state index contributed by atoms with van der Waals surface area (Å²) in [6, 6.07) is 10.9. The highest BCUT2D eigenvalue weighted by Gasteiger charge is 2.09. The number of carbonyl (C=O) groups excluding carboxylic acids is 1. The first-order valence-electron chi connectivity index (χ1n) is 6.06. The first kappa shape index (κ1) is 14.5. The van der Waals surface area contributed by atoms with Gasteiger partial charge >= 0.3 is 0 Å². The lowest BCUT2D eigenvalue weighted by Gasteiger charge is -2.10. The molecule has 0 unspecified atom stereocenters. The van der Waals surface area contributed by atoms with E-state index in [0.717, 1.165) is 17.1 Å². The highest BCUT2D eigenvalue weighted by molar-refractivity contribution is 7.85. The van der Waals surface area contributed by atoms with Crippen LogP contribution in [0.15, 0.2) is 36.4 Å². The maximum atomic E-state index is 11.2. The Hall–Kier alpha value is -1.92. The summed E-state index contributed by atoms with van der Waals surface area (Å²) < 4.78 is 35.2. The van der Waals surface area contributed by atoms with Gasteiger partial charge in [0.05, 0.1) is 17.9 Å². The molecule has 2 aromatic carbocycles. The van der Waals surface area contributed by atoms with Crippen molar-refractivity contribution in [2.45, 2.75) is 6.42 Å². The van der Waals surface area contributed by atoms with Crippen molar-refractivity contribution in [3.05, 3.63) is 42.0 Å². The minimum atomic E-state index is -3.98. The van der Waals surface area contributed by atoms with Crippen LogP contribution in [0.4, 0.5) is 0 Å². The Labute approximate surface area is 116 Å². The number of benzene rings is 2. The molecule has 0 spiro atoms. The standard InChI is InChI=1S/C14H14O5S/c15-10-13-12-5-2-1-4-11(12)6-7-14(13)19-8-3-9-20(16,17)18/h1-2,4-7,10H,3,8-9H2,(H,16,17,18). The Morgan fingerprint density at radius 1 is 1.15 bits per heavy atom. The van der Waals surface area contributed by atoms with Crippen molar-refractivity contribution in [2.24, 2.45) is 0 Å². The molecule has 0 aliphatic carbocycles. The van der Waals surface area contributed by atoms with E-state index in [0.29, 0.717) is 11.3 Å². The van der Waals surface area contributed by atoms with Crippen molar-refractivity contribution in [2.75, 3.05) is 12.4 Å². The predicted molar refractivity (Wildman–Crippen MR) is 75.9 cm³/mol. The Balaban J connectivity index is 2.16. The normalized spacial score (nSPS) is 11.4. The molecule has 2 aromatic rings. The zero-order chi connectivity index (χ0) is 14.6. The van der Waals surface area contributed by atoms with Gasteiger partial charge in [0.2, 0.25) is 0 Å². The molecule has 5 nitrogen and oxygen atoms in total. The van der Waals surface area contributed by atoms with Gasteiger partial charge < -0.3 is 4.74 Å². The van der Waals surface area contributed by atoms with Crippen molar-refractivity contribution in [3.63, 3.8) is 0 Å². The number of aldehydes is 1. The van der Waals surface area contributed by atoms with Gasteiger partial charge in [0.1, 0.15) is 5.75 Å². The van der Waals surface area contributed by atoms with Gasteiger partial charge in [-0.1, -0.05) is 30.3 Å². The summed E-state index contributed by atoms with van der Waals surface area (Å²) in [7, 11) is -3.98. The third-order valence-electron chi connectivity index (χ3n) is 2.85. The quantitative estimate of drug-likeness (QED) is 0.502. The number of hydrogen-bond donors (Lipinski definition) is 1. The molecule has 0 saturated heterocycles. The second kappa shape index (κ2) is 6.02.